The Bertz CT molecular complexity index is 701. The van der Waals surface area contributed by atoms with E-state index in [-0.39, 0.29) is 10.9 Å². The van der Waals surface area contributed by atoms with E-state index in [0.29, 0.717) is 13.1 Å². The SMILES string of the molecule is O=C(CNS(=O)(=O)c1ccc(Cl)cc1[N+](=O)[O-])N1CCCC1. The number of nitro benzene ring substituents is 1. The van der Waals surface area contributed by atoms with Crippen molar-refractivity contribution in [1.82, 2.24) is 9.62 Å². The zero-order valence-electron chi connectivity index (χ0n) is 11.5. The average Bonchev–Trinajstić information content (AvgIpc) is 2.98. The first kappa shape index (κ1) is 16.7. The van der Waals surface area contributed by atoms with Crippen LogP contribution < -0.4 is 4.72 Å². The Labute approximate surface area is 132 Å². The molecule has 1 saturated heterocycles. The molecule has 1 aromatic carbocycles. The Morgan fingerprint density at radius 2 is 2.00 bits per heavy atom. The molecule has 0 saturated carbocycles. The van der Waals surface area contributed by atoms with E-state index in [0.717, 1.165) is 25.0 Å². The zero-order chi connectivity index (χ0) is 16.3. The van der Waals surface area contributed by atoms with Gasteiger partial charge in [0.15, 0.2) is 4.90 Å². The summed E-state index contributed by atoms with van der Waals surface area (Å²) in [4.78, 5) is 23.0. The molecule has 0 aliphatic carbocycles. The predicted molar refractivity (Wildman–Crippen MR) is 79.1 cm³/mol. The maximum absolute atomic E-state index is 12.2. The lowest BCUT2D eigenvalue weighted by molar-refractivity contribution is -0.387. The standard InChI is InChI=1S/C12H14ClN3O5S/c13-9-3-4-11(10(7-9)16(18)19)22(20,21)14-8-12(17)15-5-1-2-6-15/h3-4,7,14H,1-2,5-6,8H2. The van der Waals surface area contributed by atoms with Gasteiger partial charge in [0.25, 0.3) is 5.69 Å². The van der Waals surface area contributed by atoms with Gasteiger partial charge in [-0.3, -0.25) is 14.9 Å². The summed E-state index contributed by atoms with van der Waals surface area (Å²) in [5.74, 6) is -0.349. The molecule has 8 nitrogen and oxygen atoms in total. The maximum Gasteiger partial charge on any atom is 0.290 e. The van der Waals surface area contributed by atoms with Crippen molar-refractivity contribution in [2.45, 2.75) is 17.7 Å². The highest BCUT2D eigenvalue weighted by molar-refractivity contribution is 7.89. The van der Waals surface area contributed by atoms with Gasteiger partial charge in [-0.15, -0.1) is 0 Å². The van der Waals surface area contributed by atoms with Crippen LogP contribution in [0.4, 0.5) is 5.69 Å². The number of carbonyl (C=O) groups is 1. The molecule has 0 aromatic heterocycles. The fourth-order valence-corrected chi connectivity index (χ4v) is 3.46. The smallest absolute Gasteiger partial charge is 0.290 e. The molecular formula is C12H14ClN3O5S. The van der Waals surface area contributed by atoms with E-state index in [1.807, 2.05) is 0 Å². The van der Waals surface area contributed by atoms with Gasteiger partial charge in [-0.2, -0.15) is 0 Å². The van der Waals surface area contributed by atoms with Crippen LogP contribution in [0.2, 0.25) is 5.02 Å². The first-order valence-electron chi connectivity index (χ1n) is 6.52. The maximum atomic E-state index is 12.2. The number of hydrogen-bond donors (Lipinski definition) is 1. The molecule has 1 fully saturated rings. The Hall–Kier alpha value is -1.71. The van der Waals surface area contributed by atoms with Gasteiger partial charge in [0.1, 0.15) is 0 Å². The molecule has 1 aliphatic heterocycles. The minimum absolute atomic E-state index is 0.0544. The number of halogens is 1. The highest BCUT2D eigenvalue weighted by Gasteiger charge is 2.27. The van der Waals surface area contributed by atoms with Crippen molar-refractivity contribution in [3.05, 3.63) is 33.3 Å². The third-order valence-electron chi connectivity index (χ3n) is 3.28. The average molecular weight is 348 g/mol. The number of nitrogens with zero attached hydrogens (tertiary/aromatic N) is 2. The molecule has 1 amide bonds. The number of likely N-dealkylation sites (tertiary alicyclic amines) is 1. The van der Waals surface area contributed by atoms with Gasteiger partial charge in [-0.05, 0) is 25.0 Å². The van der Waals surface area contributed by atoms with Crippen LogP contribution in [0.1, 0.15) is 12.8 Å². The highest BCUT2D eigenvalue weighted by atomic mass is 35.5. The van der Waals surface area contributed by atoms with Crippen LogP contribution in [-0.2, 0) is 14.8 Å². The van der Waals surface area contributed by atoms with Crippen molar-refractivity contribution < 1.29 is 18.1 Å². The largest absolute Gasteiger partial charge is 0.342 e. The third-order valence-corrected chi connectivity index (χ3v) is 4.96. The minimum Gasteiger partial charge on any atom is -0.342 e. The van der Waals surface area contributed by atoms with E-state index >= 15 is 0 Å². The zero-order valence-corrected chi connectivity index (χ0v) is 13.1. The molecule has 0 radical (unpaired) electrons. The molecule has 1 N–H and O–H groups in total. The molecule has 10 heteroatoms. The number of nitrogens with one attached hydrogen (secondary N) is 1. The summed E-state index contributed by atoms with van der Waals surface area (Å²) in [6.07, 6.45) is 1.78. The molecule has 120 valence electrons. The van der Waals surface area contributed by atoms with Crippen LogP contribution in [0, 0.1) is 10.1 Å². The van der Waals surface area contributed by atoms with Crippen molar-refractivity contribution in [2.75, 3.05) is 19.6 Å². The molecule has 22 heavy (non-hydrogen) atoms. The monoisotopic (exact) mass is 347 g/mol. The molecule has 0 spiro atoms. The molecule has 1 aliphatic rings. The van der Waals surface area contributed by atoms with Crippen LogP contribution in [-0.4, -0.2) is 43.8 Å². The summed E-state index contributed by atoms with van der Waals surface area (Å²) in [5, 5.41) is 11.0. The molecule has 0 atom stereocenters. The van der Waals surface area contributed by atoms with Crippen LogP contribution in [0.3, 0.4) is 0 Å². The number of hydrogen-bond acceptors (Lipinski definition) is 5. The van der Waals surface area contributed by atoms with Gasteiger partial charge in [0, 0.05) is 24.2 Å². The lowest BCUT2D eigenvalue weighted by Gasteiger charge is -2.15. The lowest BCUT2D eigenvalue weighted by Crippen LogP contribution is -2.38. The number of amides is 1. The van der Waals surface area contributed by atoms with E-state index in [9.17, 15) is 23.3 Å². The second-order valence-electron chi connectivity index (χ2n) is 4.78. The summed E-state index contributed by atoms with van der Waals surface area (Å²) in [6, 6.07) is 3.24. The lowest BCUT2D eigenvalue weighted by atomic mass is 10.3. The van der Waals surface area contributed by atoms with Crippen LogP contribution in [0.5, 0.6) is 0 Å². The van der Waals surface area contributed by atoms with E-state index in [2.05, 4.69) is 4.72 Å². The summed E-state index contributed by atoms with van der Waals surface area (Å²) < 4.78 is 26.4. The summed E-state index contributed by atoms with van der Waals surface area (Å²) in [6.45, 7) is 0.769. The number of nitro groups is 1. The second kappa shape index (κ2) is 6.59. The van der Waals surface area contributed by atoms with Crippen LogP contribution in [0.15, 0.2) is 23.1 Å². The van der Waals surface area contributed by atoms with Crippen molar-refractivity contribution in [3.63, 3.8) is 0 Å². The molecule has 2 rings (SSSR count). The fraction of sp³-hybridized carbons (Fsp3) is 0.417. The normalized spacial score (nSPS) is 15.0. The third kappa shape index (κ3) is 3.73. The topological polar surface area (TPSA) is 110 Å². The van der Waals surface area contributed by atoms with Crippen molar-refractivity contribution in [2.24, 2.45) is 0 Å². The van der Waals surface area contributed by atoms with Crippen LogP contribution in [0.25, 0.3) is 0 Å². The van der Waals surface area contributed by atoms with E-state index < -0.39 is 32.1 Å². The molecular weight excluding hydrogens is 334 g/mol. The van der Waals surface area contributed by atoms with Gasteiger partial charge in [0.2, 0.25) is 15.9 Å². The molecule has 0 unspecified atom stereocenters. The van der Waals surface area contributed by atoms with Gasteiger partial charge < -0.3 is 4.90 Å². The molecule has 1 heterocycles. The summed E-state index contributed by atoms with van der Waals surface area (Å²) in [7, 11) is -4.18. The van der Waals surface area contributed by atoms with Gasteiger partial charge >= 0.3 is 0 Å². The van der Waals surface area contributed by atoms with Gasteiger partial charge in [-0.1, -0.05) is 11.6 Å². The fourth-order valence-electron chi connectivity index (χ4n) is 2.17. The number of rotatable bonds is 5. The number of carbonyl (C=O) groups excluding carboxylic acids is 1. The summed E-state index contributed by atoms with van der Waals surface area (Å²) >= 11 is 5.64. The van der Waals surface area contributed by atoms with E-state index in [4.69, 9.17) is 11.6 Å². The van der Waals surface area contributed by atoms with Crippen molar-refractivity contribution in [3.8, 4) is 0 Å². The molecule has 0 bridgehead atoms. The second-order valence-corrected chi connectivity index (χ2v) is 6.95. The predicted octanol–water partition coefficient (Wildman–Crippen LogP) is 1.15. The quantitative estimate of drug-likeness (QED) is 0.634. The Morgan fingerprint density at radius 1 is 1.36 bits per heavy atom. The first-order chi connectivity index (χ1) is 10.3. The summed E-state index contributed by atoms with van der Waals surface area (Å²) in [5.41, 5.74) is -0.631. The van der Waals surface area contributed by atoms with Crippen molar-refractivity contribution in [1.29, 1.82) is 0 Å². The highest BCUT2D eigenvalue weighted by Crippen LogP contribution is 2.26. The first-order valence-corrected chi connectivity index (χ1v) is 8.39. The number of sulfonamides is 1. The van der Waals surface area contributed by atoms with Crippen molar-refractivity contribution >= 4 is 33.2 Å². The Balaban J connectivity index is 2.16. The van der Waals surface area contributed by atoms with E-state index in [1.165, 1.54) is 6.07 Å². The molecule has 1 aromatic rings. The Kier molecular flexibility index (Phi) is 4.99. The van der Waals surface area contributed by atoms with Gasteiger partial charge in [-0.25, -0.2) is 13.1 Å². The number of benzene rings is 1. The Morgan fingerprint density at radius 3 is 2.59 bits per heavy atom. The minimum atomic E-state index is -4.18. The van der Waals surface area contributed by atoms with Gasteiger partial charge in [0.05, 0.1) is 11.5 Å². The van der Waals surface area contributed by atoms with E-state index in [1.54, 1.807) is 4.90 Å². The van der Waals surface area contributed by atoms with Crippen LogP contribution >= 0.6 is 11.6 Å².